The van der Waals surface area contributed by atoms with E-state index in [-0.39, 0.29) is 11.8 Å². The summed E-state index contributed by atoms with van der Waals surface area (Å²) in [5.41, 5.74) is 0. The van der Waals surface area contributed by atoms with Crippen molar-refractivity contribution in [3.05, 3.63) is 0 Å². The van der Waals surface area contributed by atoms with Crippen LogP contribution in [-0.4, -0.2) is 52.3 Å². The molecule has 0 heterocycles. The van der Waals surface area contributed by atoms with E-state index in [0.29, 0.717) is 25.7 Å². The second kappa shape index (κ2) is 9.89. The van der Waals surface area contributed by atoms with Crippen LogP contribution in [0.2, 0.25) is 0 Å². The number of methoxy groups -OCH3 is 4. The summed E-state index contributed by atoms with van der Waals surface area (Å²) in [6, 6.07) is 0. The first-order valence-electron chi connectivity index (χ1n) is 9.69. The van der Waals surface area contributed by atoms with E-state index in [1.807, 2.05) is 0 Å². The third-order valence-electron chi connectivity index (χ3n) is 6.46. The molecule has 2 aliphatic rings. The van der Waals surface area contributed by atoms with Gasteiger partial charge in [0.25, 0.3) is 0 Å². The summed E-state index contributed by atoms with van der Waals surface area (Å²) in [7, 11) is 5.26. The zero-order chi connectivity index (χ0) is 20.8. The molecule has 2 rings (SSSR count). The minimum atomic E-state index is -0.550. The van der Waals surface area contributed by atoms with E-state index in [0.717, 1.165) is 12.8 Å². The largest absolute Gasteiger partial charge is 0.469 e. The zero-order valence-electron chi connectivity index (χ0n) is 17.0. The van der Waals surface area contributed by atoms with E-state index in [1.165, 1.54) is 28.4 Å². The standard InChI is InChI=1S/C20H30O8/c1-25-17(21)13-7-5-11(9-15(13)19(23)27-3)12-6-8-14(18(22)26-2)16(10-12)20(24)28-4/h11-16H,5-10H2,1-4H3/t11-,12-,13+,14+,15-,16-/m1/s1. The second-order valence-corrected chi connectivity index (χ2v) is 7.66. The second-order valence-electron chi connectivity index (χ2n) is 7.66. The average molecular weight is 398 g/mol. The van der Waals surface area contributed by atoms with Gasteiger partial charge in [0.05, 0.1) is 52.1 Å². The fraction of sp³-hybridized carbons (Fsp3) is 0.800. The van der Waals surface area contributed by atoms with Crippen molar-refractivity contribution in [2.45, 2.75) is 38.5 Å². The maximum atomic E-state index is 12.3. The lowest BCUT2D eigenvalue weighted by Crippen LogP contribution is -2.42. The molecule has 158 valence electrons. The van der Waals surface area contributed by atoms with E-state index in [9.17, 15) is 19.2 Å². The van der Waals surface area contributed by atoms with Crippen molar-refractivity contribution in [1.29, 1.82) is 0 Å². The lowest BCUT2D eigenvalue weighted by Gasteiger charge is -2.41. The Morgan fingerprint density at radius 2 is 0.786 bits per heavy atom. The minimum absolute atomic E-state index is 0.163. The quantitative estimate of drug-likeness (QED) is 0.509. The average Bonchev–Trinajstić information content (AvgIpc) is 2.75. The summed E-state index contributed by atoms with van der Waals surface area (Å²) >= 11 is 0. The van der Waals surface area contributed by atoms with Crippen LogP contribution in [0.3, 0.4) is 0 Å². The first kappa shape index (κ1) is 22.2. The summed E-state index contributed by atoms with van der Waals surface area (Å²) in [5, 5.41) is 0. The van der Waals surface area contributed by atoms with Gasteiger partial charge in [-0.05, 0) is 50.4 Å². The molecule has 8 heteroatoms. The van der Waals surface area contributed by atoms with Crippen molar-refractivity contribution >= 4 is 23.9 Å². The highest BCUT2D eigenvalue weighted by atomic mass is 16.5. The highest BCUT2D eigenvalue weighted by Gasteiger charge is 2.47. The number of rotatable bonds is 5. The van der Waals surface area contributed by atoms with Gasteiger partial charge < -0.3 is 18.9 Å². The van der Waals surface area contributed by atoms with Crippen molar-refractivity contribution in [2.24, 2.45) is 35.5 Å². The molecule has 0 radical (unpaired) electrons. The number of carbonyl (C=O) groups is 4. The Hall–Kier alpha value is -2.12. The number of carbonyl (C=O) groups excluding carboxylic acids is 4. The molecule has 0 N–H and O–H groups in total. The van der Waals surface area contributed by atoms with E-state index < -0.39 is 47.5 Å². The Bertz CT molecular complexity index is 549. The minimum Gasteiger partial charge on any atom is -0.469 e. The van der Waals surface area contributed by atoms with Gasteiger partial charge in [0.1, 0.15) is 0 Å². The monoisotopic (exact) mass is 398 g/mol. The van der Waals surface area contributed by atoms with Crippen LogP contribution in [0.4, 0.5) is 0 Å². The van der Waals surface area contributed by atoms with E-state index >= 15 is 0 Å². The van der Waals surface area contributed by atoms with Crippen LogP contribution in [0.1, 0.15) is 38.5 Å². The molecule has 2 aliphatic carbocycles. The van der Waals surface area contributed by atoms with Crippen molar-refractivity contribution in [2.75, 3.05) is 28.4 Å². The molecule has 0 amide bonds. The molecule has 0 aromatic carbocycles. The van der Waals surface area contributed by atoms with Gasteiger partial charge >= 0.3 is 23.9 Å². The van der Waals surface area contributed by atoms with Crippen LogP contribution in [-0.2, 0) is 38.1 Å². The van der Waals surface area contributed by atoms with Gasteiger partial charge in [-0.15, -0.1) is 0 Å². The molecule has 6 atom stereocenters. The fourth-order valence-corrected chi connectivity index (χ4v) is 4.95. The Kier molecular flexibility index (Phi) is 7.83. The van der Waals surface area contributed by atoms with Crippen LogP contribution in [0.15, 0.2) is 0 Å². The van der Waals surface area contributed by atoms with Crippen molar-refractivity contribution in [3.8, 4) is 0 Å². The van der Waals surface area contributed by atoms with Crippen LogP contribution in [0, 0.1) is 35.5 Å². The van der Waals surface area contributed by atoms with E-state index in [1.54, 1.807) is 0 Å². The highest BCUT2D eigenvalue weighted by molar-refractivity contribution is 5.83. The summed E-state index contributed by atoms with van der Waals surface area (Å²) in [6.07, 6.45) is 3.61. The van der Waals surface area contributed by atoms with Gasteiger partial charge in [-0.2, -0.15) is 0 Å². The van der Waals surface area contributed by atoms with E-state index in [4.69, 9.17) is 18.9 Å². The van der Waals surface area contributed by atoms with Crippen LogP contribution < -0.4 is 0 Å². The molecule has 2 saturated carbocycles. The Morgan fingerprint density at radius 1 is 0.500 bits per heavy atom. The zero-order valence-corrected chi connectivity index (χ0v) is 17.0. The Balaban J connectivity index is 2.14. The summed E-state index contributed by atoms with van der Waals surface area (Å²) in [6.45, 7) is 0. The summed E-state index contributed by atoms with van der Waals surface area (Å²) < 4.78 is 19.5. The highest BCUT2D eigenvalue weighted by Crippen LogP contribution is 2.46. The molecule has 28 heavy (non-hydrogen) atoms. The van der Waals surface area contributed by atoms with Crippen LogP contribution >= 0.6 is 0 Å². The molecule has 0 aromatic heterocycles. The Morgan fingerprint density at radius 3 is 1.07 bits per heavy atom. The molecule has 0 aliphatic heterocycles. The molecule has 0 spiro atoms. The molecule has 0 unspecified atom stereocenters. The number of esters is 4. The van der Waals surface area contributed by atoms with Gasteiger partial charge in [0.2, 0.25) is 0 Å². The van der Waals surface area contributed by atoms with Gasteiger partial charge in [0, 0.05) is 0 Å². The molecular formula is C20H30O8. The molecule has 8 nitrogen and oxygen atoms in total. The number of hydrogen-bond donors (Lipinski definition) is 0. The van der Waals surface area contributed by atoms with Gasteiger partial charge in [-0.3, -0.25) is 19.2 Å². The topological polar surface area (TPSA) is 105 Å². The Labute approximate surface area is 165 Å². The molecule has 2 fully saturated rings. The molecule has 0 saturated heterocycles. The maximum Gasteiger partial charge on any atom is 0.309 e. The predicted octanol–water partition coefficient (Wildman–Crippen LogP) is 1.74. The van der Waals surface area contributed by atoms with Gasteiger partial charge in [-0.1, -0.05) is 0 Å². The fourth-order valence-electron chi connectivity index (χ4n) is 4.95. The van der Waals surface area contributed by atoms with Gasteiger partial charge in [-0.25, -0.2) is 0 Å². The predicted molar refractivity (Wildman–Crippen MR) is 96.7 cm³/mol. The van der Waals surface area contributed by atoms with Crippen molar-refractivity contribution in [1.82, 2.24) is 0 Å². The van der Waals surface area contributed by atoms with Crippen molar-refractivity contribution in [3.63, 3.8) is 0 Å². The summed E-state index contributed by atoms with van der Waals surface area (Å²) in [4.78, 5) is 48.7. The third kappa shape index (κ3) is 4.64. The van der Waals surface area contributed by atoms with Crippen molar-refractivity contribution < 1.29 is 38.1 Å². The lowest BCUT2D eigenvalue weighted by molar-refractivity contribution is -0.163. The van der Waals surface area contributed by atoms with Crippen LogP contribution in [0.5, 0.6) is 0 Å². The SMILES string of the molecule is COC(=O)[C@H]1CC[C@@H]([C@@H]2CC[C@H](C(=O)OC)[C@H](C(=O)OC)C2)C[C@H]1C(=O)OC. The molecular weight excluding hydrogens is 368 g/mol. The number of ether oxygens (including phenoxy) is 4. The smallest absolute Gasteiger partial charge is 0.309 e. The van der Waals surface area contributed by atoms with Crippen LogP contribution in [0.25, 0.3) is 0 Å². The third-order valence-corrected chi connectivity index (χ3v) is 6.46. The first-order chi connectivity index (χ1) is 13.4. The first-order valence-corrected chi connectivity index (χ1v) is 9.69. The number of hydrogen-bond acceptors (Lipinski definition) is 8. The van der Waals surface area contributed by atoms with E-state index in [2.05, 4.69) is 0 Å². The molecule has 0 bridgehead atoms. The molecule has 0 aromatic rings. The van der Waals surface area contributed by atoms with Gasteiger partial charge in [0.15, 0.2) is 0 Å². The lowest BCUT2D eigenvalue weighted by atomic mass is 9.63. The normalized spacial score (nSPS) is 32.7. The maximum absolute atomic E-state index is 12.3. The summed E-state index contributed by atoms with van der Waals surface area (Å²) in [5.74, 6) is -3.39.